The molecule has 2 bridgehead atoms. The molecule has 186 valence electrons. The number of carbonyl (C=O) groups excluding carboxylic acids is 2. The molecule has 0 radical (unpaired) electrons. The number of aryl methyl sites for hydroxylation is 2. The Morgan fingerprint density at radius 1 is 1.11 bits per heavy atom. The van der Waals surface area contributed by atoms with Gasteiger partial charge in [-0.2, -0.15) is 10.2 Å². The van der Waals surface area contributed by atoms with Crippen molar-refractivity contribution in [3.8, 4) is 10.4 Å². The Labute approximate surface area is 211 Å². The summed E-state index contributed by atoms with van der Waals surface area (Å²) in [6.07, 6.45) is 10.9. The topological polar surface area (TPSA) is 119 Å². The van der Waals surface area contributed by atoms with Crippen LogP contribution in [0.5, 0.6) is 0 Å². The summed E-state index contributed by atoms with van der Waals surface area (Å²) >= 11 is 1.47. The average Bonchev–Trinajstić information content (AvgIpc) is 3.59. The average molecular weight is 507 g/mol. The summed E-state index contributed by atoms with van der Waals surface area (Å²) in [5.74, 6) is -0.389. The fourth-order valence-electron chi connectivity index (χ4n) is 4.88. The number of nitrogens with zero attached hydrogens (tertiary/aromatic N) is 6. The molecule has 36 heavy (non-hydrogen) atoms. The van der Waals surface area contributed by atoms with Crippen LogP contribution in [0.1, 0.15) is 28.9 Å². The summed E-state index contributed by atoms with van der Waals surface area (Å²) < 4.78 is 9.03. The molecular weight excluding hydrogens is 480 g/mol. The Kier molecular flexibility index (Phi) is 5.78. The summed E-state index contributed by atoms with van der Waals surface area (Å²) in [4.78, 5) is 34.2. The molecule has 11 nitrogen and oxygen atoms in total. The quantitative estimate of drug-likeness (QED) is 0.413. The summed E-state index contributed by atoms with van der Waals surface area (Å²) in [6.45, 7) is 3.50. The number of thiazole rings is 1. The molecule has 0 aromatic carbocycles. The molecule has 0 spiro atoms. The Morgan fingerprint density at radius 3 is 2.67 bits per heavy atom. The molecule has 2 saturated heterocycles. The highest BCUT2D eigenvalue weighted by Gasteiger charge is 2.38. The van der Waals surface area contributed by atoms with Crippen molar-refractivity contribution >= 4 is 39.4 Å². The van der Waals surface area contributed by atoms with E-state index in [2.05, 4.69) is 30.7 Å². The number of rotatable bonds is 6. The number of amides is 2. The van der Waals surface area contributed by atoms with Gasteiger partial charge in [0.1, 0.15) is 4.83 Å². The van der Waals surface area contributed by atoms with Crippen molar-refractivity contribution in [3.05, 3.63) is 48.3 Å². The molecule has 0 saturated carbocycles. The standard InChI is InChI=1S/C24H26N8O3S/c1-14-20(5-16(7-25-14)28-22(33)11-31-17-3-4-18(31)13-35-12-17)29-23(34)19-8-27-32-10-21(36-24(19)32)15-6-26-30(2)9-15/h5-10,17-18H,3-4,11-13H2,1-2H3,(H,28,33)(H,29,34). The number of hydrogen-bond acceptors (Lipinski definition) is 8. The lowest BCUT2D eigenvalue weighted by Gasteiger charge is -2.33. The second-order valence-electron chi connectivity index (χ2n) is 9.26. The van der Waals surface area contributed by atoms with Crippen LogP contribution in [0.4, 0.5) is 11.4 Å². The number of carbonyl (C=O) groups is 2. The SMILES string of the molecule is Cc1ncc(NC(=O)CN2C3CCC2COC3)cc1NC(=O)c1cnn2cc(-c3cnn(C)c3)sc12. The van der Waals surface area contributed by atoms with Crippen molar-refractivity contribution in [3.63, 3.8) is 0 Å². The normalized spacial score (nSPS) is 19.6. The van der Waals surface area contributed by atoms with Crippen LogP contribution in [0.25, 0.3) is 15.3 Å². The van der Waals surface area contributed by atoms with E-state index < -0.39 is 0 Å². The molecule has 4 aromatic rings. The molecule has 2 amide bonds. The Hall–Kier alpha value is -3.61. The van der Waals surface area contributed by atoms with Gasteiger partial charge in [-0.15, -0.1) is 11.3 Å². The molecule has 2 fully saturated rings. The van der Waals surface area contributed by atoms with Crippen LogP contribution < -0.4 is 10.6 Å². The minimum Gasteiger partial charge on any atom is -0.378 e. The van der Waals surface area contributed by atoms with E-state index in [1.54, 1.807) is 33.9 Å². The fourth-order valence-corrected chi connectivity index (χ4v) is 5.91. The van der Waals surface area contributed by atoms with Crippen molar-refractivity contribution in [2.75, 3.05) is 30.4 Å². The van der Waals surface area contributed by atoms with Crippen molar-refractivity contribution in [2.45, 2.75) is 31.8 Å². The van der Waals surface area contributed by atoms with Gasteiger partial charge in [0.15, 0.2) is 0 Å². The predicted molar refractivity (Wildman–Crippen MR) is 135 cm³/mol. The maximum absolute atomic E-state index is 13.2. The largest absolute Gasteiger partial charge is 0.378 e. The summed E-state index contributed by atoms with van der Waals surface area (Å²) in [5, 5.41) is 14.4. The Morgan fingerprint density at radius 2 is 1.92 bits per heavy atom. The van der Waals surface area contributed by atoms with Crippen LogP contribution in [0.15, 0.2) is 37.1 Å². The fraction of sp³-hybridized carbons (Fsp3) is 0.375. The lowest BCUT2D eigenvalue weighted by atomic mass is 10.2. The zero-order valence-electron chi connectivity index (χ0n) is 20.0. The van der Waals surface area contributed by atoms with Crippen molar-refractivity contribution in [2.24, 2.45) is 7.05 Å². The van der Waals surface area contributed by atoms with Gasteiger partial charge in [-0.05, 0) is 25.8 Å². The Bertz CT molecular complexity index is 1440. The molecule has 2 atom stereocenters. The number of fused-ring (bicyclic) bond motifs is 3. The van der Waals surface area contributed by atoms with E-state index in [4.69, 9.17) is 4.74 Å². The van der Waals surface area contributed by atoms with Gasteiger partial charge < -0.3 is 15.4 Å². The maximum atomic E-state index is 13.2. The first-order chi connectivity index (χ1) is 17.4. The molecular formula is C24H26N8O3S. The third-order valence-electron chi connectivity index (χ3n) is 6.77. The van der Waals surface area contributed by atoms with Gasteiger partial charge in [0, 0.05) is 37.1 Å². The van der Waals surface area contributed by atoms with E-state index in [9.17, 15) is 9.59 Å². The number of anilines is 2. The van der Waals surface area contributed by atoms with E-state index in [1.165, 1.54) is 11.3 Å². The van der Waals surface area contributed by atoms with Gasteiger partial charge in [-0.25, -0.2) is 4.52 Å². The van der Waals surface area contributed by atoms with Gasteiger partial charge in [0.2, 0.25) is 5.91 Å². The monoisotopic (exact) mass is 506 g/mol. The second kappa shape index (κ2) is 9.12. The van der Waals surface area contributed by atoms with E-state index in [0.717, 1.165) is 28.1 Å². The third kappa shape index (κ3) is 4.27. The number of hydrogen-bond donors (Lipinski definition) is 2. The first kappa shape index (κ1) is 22.8. The summed E-state index contributed by atoms with van der Waals surface area (Å²) in [5.41, 5.74) is 3.15. The first-order valence-corrected chi connectivity index (χ1v) is 12.6. The minimum atomic E-state index is -0.289. The number of pyridine rings is 1. The minimum absolute atomic E-state index is 0.100. The van der Waals surface area contributed by atoms with E-state index in [-0.39, 0.29) is 11.8 Å². The highest BCUT2D eigenvalue weighted by Crippen LogP contribution is 2.31. The van der Waals surface area contributed by atoms with Crippen LogP contribution in [0.2, 0.25) is 0 Å². The third-order valence-corrected chi connectivity index (χ3v) is 7.93. The van der Waals surface area contributed by atoms with Gasteiger partial charge in [-0.3, -0.25) is 24.2 Å². The van der Waals surface area contributed by atoms with Crippen LogP contribution in [-0.4, -0.2) is 72.9 Å². The van der Waals surface area contributed by atoms with Gasteiger partial charge in [0.05, 0.1) is 65.9 Å². The lowest BCUT2D eigenvalue weighted by molar-refractivity contribution is -0.120. The van der Waals surface area contributed by atoms with Crippen LogP contribution in [-0.2, 0) is 16.6 Å². The zero-order valence-corrected chi connectivity index (χ0v) is 20.8. The van der Waals surface area contributed by atoms with Crippen molar-refractivity contribution in [1.82, 2.24) is 29.3 Å². The molecule has 12 heteroatoms. The molecule has 6 heterocycles. The first-order valence-electron chi connectivity index (χ1n) is 11.8. The predicted octanol–water partition coefficient (Wildman–Crippen LogP) is 2.55. The number of ether oxygens (including phenoxy) is 1. The van der Waals surface area contributed by atoms with Crippen LogP contribution in [0.3, 0.4) is 0 Å². The molecule has 2 aliphatic rings. The maximum Gasteiger partial charge on any atom is 0.260 e. The van der Waals surface area contributed by atoms with E-state index >= 15 is 0 Å². The van der Waals surface area contributed by atoms with Gasteiger partial charge >= 0.3 is 0 Å². The van der Waals surface area contributed by atoms with Crippen LogP contribution in [0, 0.1) is 6.92 Å². The van der Waals surface area contributed by atoms with E-state index in [0.29, 0.717) is 54.5 Å². The second-order valence-corrected chi connectivity index (χ2v) is 10.3. The number of morpholine rings is 1. The molecule has 0 aliphatic carbocycles. The smallest absolute Gasteiger partial charge is 0.260 e. The highest BCUT2D eigenvalue weighted by atomic mass is 32.1. The highest BCUT2D eigenvalue weighted by molar-refractivity contribution is 7.21. The number of aromatic nitrogens is 5. The molecule has 6 rings (SSSR count). The zero-order chi connectivity index (χ0) is 24.8. The van der Waals surface area contributed by atoms with Crippen LogP contribution >= 0.6 is 11.3 Å². The molecule has 4 aromatic heterocycles. The van der Waals surface area contributed by atoms with Gasteiger partial charge in [-0.1, -0.05) is 0 Å². The molecule has 2 unspecified atom stereocenters. The van der Waals surface area contributed by atoms with Crippen molar-refractivity contribution in [1.29, 1.82) is 0 Å². The summed E-state index contributed by atoms with van der Waals surface area (Å²) in [6, 6.07) is 2.36. The lowest BCUT2D eigenvalue weighted by Crippen LogP contribution is -2.48. The molecule has 2 aliphatic heterocycles. The Balaban J connectivity index is 1.16. The van der Waals surface area contributed by atoms with Gasteiger partial charge in [0.25, 0.3) is 5.91 Å². The molecule has 2 N–H and O–H groups in total. The summed E-state index contributed by atoms with van der Waals surface area (Å²) in [7, 11) is 1.86. The van der Waals surface area contributed by atoms with E-state index in [1.807, 2.05) is 26.4 Å². The van der Waals surface area contributed by atoms with Crippen molar-refractivity contribution < 1.29 is 14.3 Å². The number of nitrogens with one attached hydrogen (secondary N) is 2.